The fourth-order valence-corrected chi connectivity index (χ4v) is 2.63. The van der Waals surface area contributed by atoms with E-state index in [9.17, 15) is 9.59 Å². The fourth-order valence-electron chi connectivity index (χ4n) is 1.71. The van der Waals surface area contributed by atoms with Crippen LogP contribution in [0.2, 0.25) is 5.02 Å². The molecular formula is C14H13ClN2O3S. The molecule has 21 heavy (non-hydrogen) atoms. The van der Waals surface area contributed by atoms with Crippen LogP contribution in [-0.4, -0.2) is 17.1 Å². The first-order chi connectivity index (χ1) is 9.97. The number of rotatable bonds is 4. The van der Waals surface area contributed by atoms with E-state index in [0.717, 1.165) is 5.56 Å². The van der Waals surface area contributed by atoms with Gasteiger partial charge in [-0.3, -0.25) is 0 Å². The average molecular weight is 325 g/mol. The van der Waals surface area contributed by atoms with Crippen molar-refractivity contribution in [1.29, 1.82) is 0 Å². The largest absolute Gasteiger partial charge is 0.478 e. The normalized spacial score (nSPS) is 11.7. The third kappa shape index (κ3) is 3.96. The number of carbonyl (C=O) groups excluding carboxylic acids is 1. The van der Waals surface area contributed by atoms with Gasteiger partial charge in [0.25, 0.3) is 0 Å². The molecule has 2 rings (SSSR count). The van der Waals surface area contributed by atoms with E-state index >= 15 is 0 Å². The maximum atomic E-state index is 11.9. The van der Waals surface area contributed by atoms with Gasteiger partial charge in [0, 0.05) is 0 Å². The van der Waals surface area contributed by atoms with Gasteiger partial charge in [0.2, 0.25) is 0 Å². The van der Waals surface area contributed by atoms with Crippen molar-refractivity contribution in [3.63, 3.8) is 0 Å². The van der Waals surface area contributed by atoms with Crippen molar-refractivity contribution in [1.82, 2.24) is 5.32 Å². The SMILES string of the molecule is CC(NC(=O)Nc1cc(C(=O)O)ccc1Cl)c1ccsc1. The van der Waals surface area contributed by atoms with Gasteiger partial charge in [-0.25, -0.2) is 9.59 Å². The molecule has 0 saturated carbocycles. The summed E-state index contributed by atoms with van der Waals surface area (Å²) in [6, 6.07) is 5.45. The summed E-state index contributed by atoms with van der Waals surface area (Å²) in [7, 11) is 0. The number of hydrogen-bond acceptors (Lipinski definition) is 3. The van der Waals surface area contributed by atoms with Crippen molar-refractivity contribution in [2.24, 2.45) is 0 Å². The number of thiophene rings is 1. The fraction of sp³-hybridized carbons (Fsp3) is 0.143. The molecule has 5 nitrogen and oxygen atoms in total. The molecule has 0 fully saturated rings. The molecule has 1 aromatic heterocycles. The van der Waals surface area contributed by atoms with E-state index in [-0.39, 0.29) is 22.3 Å². The Hall–Kier alpha value is -2.05. The predicted octanol–water partition coefficient (Wildman–Crippen LogP) is 3.98. The van der Waals surface area contributed by atoms with Gasteiger partial charge in [-0.15, -0.1) is 0 Å². The van der Waals surface area contributed by atoms with Crippen molar-refractivity contribution in [2.75, 3.05) is 5.32 Å². The van der Waals surface area contributed by atoms with Gasteiger partial charge in [-0.05, 0) is 47.5 Å². The minimum atomic E-state index is -1.08. The first kappa shape index (κ1) is 15.3. The summed E-state index contributed by atoms with van der Waals surface area (Å²) in [4.78, 5) is 22.8. The summed E-state index contributed by atoms with van der Waals surface area (Å²) in [5.41, 5.74) is 1.31. The lowest BCUT2D eigenvalue weighted by Crippen LogP contribution is -2.31. The molecule has 1 unspecified atom stereocenters. The van der Waals surface area contributed by atoms with Gasteiger partial charge in [0.15, 0.2) is 0 Å². The minimum absolute atomic E-state index is 0.0561. The highest BCUT2D eigenvalue weighted by Crippen LogP contribution is 2.23. The Labute approximate surface area is 130 Å². The maximum absolute atomic E-state index is 11.9. The predicted molar refractivity (Wildman–Crippen MR) is 83.3 cm³/mol. The molecule has 1 heterocycles. The van der Waals surface area contributed by atoms with Crippen LogP contribution >= 0.6 is 22.9 Å². The summed E-state index contributed by atoms with van der Waals surface area (Å²) in [6.45, 7) is 1.86. The molecule has 0 aliphatic rings. The van der Waals surface area contributed by atoms with Gasteiger partial charge < -0.3 is 15.7 Å². The standard InChI is InChI=1S/C14H13ClN2O3S/c1-8(10-4-5-21-7-10)16-14(20)17-12-6-9(13(18)19)2-3-11(12)15/h2-8H,1H3,(H,18,19)(H2,16,17,20). The van der Waals surface area contributed by atoms with Crippen LogP contribution in [0.25, 0.3) is 0 Å². The van der Waals surface area contributed by atoms with Gasteiger partial charge >= 0.3 is 12.0 Å². The molecule has 7 heteroatoms. The lowest BCUT2D eigenvalue weighted by atomic mass is 10.2. The number of carboxylic acid groups (broad SMARTS) is 1. The minimum Gasteiger partial charge on any atom is -0.478 e. The van der Waals surface area contributed by atoms with E-state index < -0.39 is 12.0 Å². The van der Waals surface area contributed by atoms with E-state index in [1.807, 2.05) is 23.8 Å². The van der Waals surface area contributed by atoms with E-state index in [1.165, 1.54) is 18.2 Å². The van der Waals surface area contributed by atoms with Gasteiger partial charge in [-0.2, -0.15) is 11.3 Å². The lowest BCUT2D eigenvalue weighted by molar-refractivity contribution is 0.0697. The zero-order valence-electron chi connectivity index (χ0n) is 11.1. The molecule has 2 amide bonds. The van der Waals surface area contributed by atoms with Crippen LogP contribution in [0.5, 0.6) is 0 Å². The molecular weight excluding hydrogens is 312 g/mol. The summed E-state index contributed by atoms with van der Waals surface area (Å²) >= 11 is 7.50. The Morgan fingerprint density at radius 1 is 1.33 bits per heavy atom. The molecule has 1 atom stereocenters. The van der Waals surface area contributed by atoms with Crippen molar-refractivity contribution in [2.45, 2.75) is 13.0 Å². The van der Waals surface area contributed by atoms with Crippen LogP contribution in [0.1, 0.15) is 28.9 Å². The van der Waals surface area contributed by atoms with Crippen molar-refractivity contribution in [3.05, 3.63) is 51.2 Å². The molecule has 0 saturated heterocycles. The van der Waals surface area contributed by atoms with Crippen LogP contribution in [0, 0.1) is 0 Å². The molecule has 0 bridgehead atoms. The number of carboxylic acids is 1. The quantitative estimate of drug-likeness (QED) is 0.796. The van der Waals surface area contributed by atoms with Crippen LogP contribution < -0.4 is 10.6 Å². The second kappa shape index (κ2) is 6.60. The number of anilines is 1. The summed E-state index contributed by atoms with van der Waals surface area (Å²) in [5.74, 6) is -1.08. The summed E-state index contributed by atoms with van der Waals surface area (Å²) in [5, 5.41) is 18.4. The van der Waals surface area contributed by atoms with E-state index in [1.54, 1.807) is 11.3 Å². The number of nitrogens with one attached hydrogen (secondary N) is 2. The molecule has 3 N–H and O–H groups in total. The van der Waals surface area contributed by atoms with Crippen LogP contribution in [0.15, 0.2) is 35.0 Å². The molecule has 0 spiro atoms. The molecule has 0 aliphatic heterocycles. The number of aromatic carboxylic acids is 1. The van der Waals surface area contributed by atoms with E-state index in [2.05, 4.69) is 10.6 Å². The third-order valence-electron chi connectivity index (χ3n) is 2.85. The van der Waals surface area contributed by atoms with Crippen molar-refractivity contribution < 1.29 is 14.7 Å². The average Bonchev–Trinajstić information content (AvgIpc) is 2.95. The summed E-state index contributed by atoms with van der Waals surface area (Å²) < 4.78 is 0. The Morgan fingerprint density at radius 3 is 2.71 bits per heavy atom. The van der Waals surface area contributed by atoms with Gasteiger partial charge in [0.1, 0.15) is 0 Å². The number of hydrogen-bond donors (Lipinski definition) is 3. The summed E-state index contributed by atoms with van der Waals surface area (Å²) in [6.07, 6.45) is 0. The van der Waals surface area contributed by atoms with Gasteiger partial charge in [0.05, 0.1) is 22.3 Å². The van der Waals surface area contributed by atoms with E-state index in [0.29, 0.717) is 0 Å². The maximum Gasteiger partial charge on any atom is 0.335 e. The molecule has 0 radical (unpaired) electrons. The molecule has 0 aliphatic carbocycles. The molecule has 2 aromatic rings. The first-order valence-electron chi connectivity index (χ1n) is 6.10. The number of benzene rings is 1. The topological polar surface area (TPSA) is 78.4 Å². The zero-order valence-corrected chi connectivity index (χ0v) is 12.7. The number of halogens is 1. The highest BCUT2D eigenvalue weighted by atomic mass is 35.5. The second-order valence-electron chi connectivity index (χ2n) is 4.38. The first-order valence-corrected chi connectivity index (χ1v) is 7.42. The molecule has 1 aromatic carbocycles. The van der Waals surface area contributed by atoms with Crippen molar-refractivity contribution >= 4 is 40.6 Å². The van der Waals surface area contributed by atoms with Crippen LogP contribution in [-0.2, 0) is 0 Å². The number of urea groups is 1. The second-order valence-corrected chi connectivity index (χ2v) is 5.56. The Bertz CT molecular complexity index is 658. The molecule has 110 valence electrons. The third-order valence-corrected chi connectivity index (χ3v) is 3.88. The van der Waals surface area contributed by atoms with Gasteiger partial charge in [-0.1, -0.05) is 11.6 Å². The Morgan fingerprint density at radius 2 is 2.10 bits per heavy atom. The van der Waals surface area contributed by atoms with Crippen molar-refractivity contribution in [3.8, 4) is 0 Å². The smallest absolute Gasteiger partial charge is 0.335 e. The highest BCUT2D eigenvalue weighted by molar-refractivity contribution is 7.07. The lowest BCUT2D eigenvalue weighted by Gasteiger charge is -2.14. The van der Waals surface area contributed by atoms with Crippen LogP contribution in [0.4, 0.5) is 10.5 Å². The zero-order chi connectivity index (χ0) is 15.4. The highest BCUT2D eigenvalue weighted by Gasteiger charge is 2.13. The Kier molecular flexibility index (Phi) is 4.82. The number of amides is 2. The van der Waals surface area contributed by atoms with Crippen LogP contribution in [0.3, 0.4) is 0 Å². The number of carbonyl (C=O) groups is 2. The Balaban J connectivity index is 2.05. The monoisotopic (exact) mass is 324 g/mol. The van der Waals surface area contributed by atoms with E-state index in [4.69, 9.17) is 16.7 Å².